The maximum atomic E-state index is 12.5. The molecule has 110 valence electrons. The molecule has 1 aromatic heterocycles. The number of hydrogen-bond donors (Lipinski definition) is 0. The van der Waals surface area contributed by atoms with E-state index in [-0.39, 0.29) is 5.91 Å². The van der Waals surface area contributed by atoms with Crippen molar-refractivity contribution in [2.75, 3.05) is 31.1 Å². The number of nitrogens with zero attached hydrogens (tertiary/aromatic N) is 2. The van der Waals surface area contributed by atoms with Crippen LogP contribution in [-0.2, 0) is 0 Å². The van der Waals surface area contributed by atoms with Crippen LogP contribution in [0.1, 0.15) is 15.2 Å². The first-order valence-electron chi connectivity index (χ1n) is 7.00. The zero-order valence-electron chi connectivity index (χ0n) is 11.9. The maximum Gasteiger partial charge on any atom is 0.264 e. The largest absolute Gasteiger partial charge is 0.368 e. The van der Waals surface area contributed by atoms with Crippen LogP contribution in [-0.4, -0.2) is 37.0 Å². The summed E-state index contributed by atoms with van der Waals surface area (Å²) in [6.07, 6.45) is 0. The van der Waals surface area contributed by atoms with Gasteiger partial charge in [0.1, 0.15) is 0 Å². The van der Waals surface area contributed by atoms with Gasteiger partial charge in [0.15, 0.2) is 0 Å². The van der Waals surface area contributed by atoms with Gasteiger partial charge in [0.25, 0.3) is 5.91 Å². The lowest BCUT2D eigenvalue weighted by Crippen LogP contribution is -2.48. The first-order valence-corrected chi connectivity index (χ1v) is 8.61. The molecule has 1 saturated heterocycles. The zero-order chi connectivity index (χ0) is 14.8. The van der Waals surface area contributed by atoms with Gasteiger partial charge in [0.2, 0.25) is 0 Å². The van der Waals surface area contributed by atoms with E-state index < -0.39 is 0 Å². The van der Waals surface area contributed by atoms with E-state index in [1.54, 1.807) is 0 Å². The Bertz CT molecular complexity index is 613. The van der Waals surface area contributed by atoms with Crippen molar-refractivity contribution in [3.8, 4) is 0 Å². The molecule has 0 N–H and O–H groups in total. The van der Waals surface area contributed by atoms with Crippen LogP contribution < -0.4 is 4.90 Å². The Balaban J connectivity index is 1.64. The molecule has 0 saturated carbocycles. The number of para-hydroxylation sites is 1. The molecule has 0 aliphatic carbocycles. The monoisotopic (exact) mass is 364 g/mol. The number of benzene rings is 1. The molecule has 3 nitrogen and oxygen atoms in total. The molecule has 1 fully saturated rings. The van der Waals surface area contributed by atoms with Crippen molar-refractivity contribution in [3.05, 3.63) is 50.6 Å². The molecule has 2 aromatic rings. The second-order valence-electron chi connectivity index (χ2n) is 5.18. The smallest absolute Gasteiger partial charge is 0.264 e. The van der Waals surface area contributed by atoms with Crippen molar-refractivity contribution in [2.24, 2.45) is 0 Å². The lowest BCUT2D eigenvalue weighted by atomic mass is 10.2. The zero-order valence-corrected chi connectivity index (χ0v) is 14.3. The molecule has 2 heterocycles. The van der Waals surface area contributed by atoms with Crippen LogP contribution in [0.2, 0.25) is 0 Å². The molecule has 21 heavy (non-hydrogen) atoms. The minimum Gasteiger partial charge on any atom is -0.368 e. The van der Waals surface area contributed by atoms with Gasteiger partial charge in [-0.05, 0) is 46.6 Å². The van der Waals surface area contributed by atoms with Crippen LogP contribution in [0.25, 0.3) is 0 Å². The normalized spacial score (nSPS) is 15.3. The molecule has 1 aliphatic heterocycles. The van der Waals surface area contributed by atoms with E-state index in [2.05, 4.69) is 45.1 Å². The minimum absolute atomic E-state index is 0.154. The van der Waals surface area contributed by atoms with Crippen LogP contribution in [0.15, 0.2) is 40.2 Å². The Hall–Kier alpha value is -1.33. The molecular formula is C16H17BrN2OS. The van der Waals surface area contributed by atoms with Gasteiger partial charge in [-0.25, -0.2) is 0 Å². The summed E-state index contributed by atoms with van der Waals surface area (Å²) in [5, 5.41) is 0. The van der Waals surface area contributed by atoms with Crippen molar-refractivity contribution >= 4 is 38.9 Å². The number of piperazine rings is 1. The number of amides is 1. The van der Waals surface area contributed by atoms with Crippen LogP contribution >= 0.6 is 27.3 Å². The maximum absolute atomic E-state index is 12.5. The fraction of sp³-hybridized carbons (Fsp3) is 0.312. The summed E-state index contributed by atoms with van der Waals surface area (Å²) in [6.45, 7) is 5.36. The molecule has 0 bridgehead atoms. The molecule has 0 radical (unpaired) electrons. The summed E-state index contributed by atoms with van der Waals surface area (Å²) in [4.78, 5) is 17.6. The molecular weight excluding hydrogens is 348 g/mol. The van der Waals surface area contributed by atoms with Crippen molar-refractivity contribution in [2.45, 2.75) is 6.92 Å². The van der Waals surface area contributed by atoms with E-state index in [0.29, 0.717) is 0 Å². The summed E-state index contributed by atoms with van der Waals surface area (Å²) < 4.78 is 1.05. The summed E-state index contributed by atoms with van der Waals surface area (Å²) in [7, 11) is 0. The second kappa shape index (κ2) is 6.20. The first kappa shape index (κ1) is 14.6. The Morgan fingerprint density at radius 1 is 1.14 bits per heavy atom. The lowest BCUT2D eigenvalue weighted by Gasteiger charge is -2.35. The highest BCUT2D eigenvalue weighted by molar-refractivity contribution is 9.11. The van der Waals surface area contributed by atoms with Crippen molar-refractivity contribution < 1.29 is 4.79 Å². The minimum atomic E-state index is 0.154. The Morgan fingerprint density at radius 3 is 2.38 bits per heavy atom. The molecule has 1 aliphatic rings. The van der Waals surface area contributed by atoms with Gasteiger partial charge < -0.3 is 9.80 Å². The van der Waals surface area contributed by atoms with Gasteiger partial charge in [-0.15, -0.1) is 11.3 Å². The second-order valence-corrected chi connectivity index (χ2v) is 7.55. The molecule has 3 rings (SSSR count). The fourth-order valence-electron chi connectivity index (χ4n) is 2.53. The topological polar surface area (TPSA) is 23.6 Å². The molecule has 1 amide bonds. The van der Waals surface area contributed by atoms with Gasteiger partial charge >= 0.3 is 0 Å². The van der Waals surface area contributed by atoms with E-state index in [4.69, 9.17) is 0 Å². The standard InChI is InChI=1S/C16H17BrN2OS/c1-12-11-14(21-15(12)17)16(20)19-9-7-18(8-10-19)13-5-3-2-4-6-13/h2-6,11H,7-10H2,1H3. The highest BCUT2D eigenvalue weighted by Gasteiger charge is 2.23. The van der Waals surface area contributed by atoms with Gasteiger partial charge in [-0.2, -0.15) is 0 Å². The quantitative estimate of drug-likeness (QED) is 0.809. The van der Waals surface area contributed by atoms with Gasteiger partial charge in [0.05, 0.1) is 8.66 Å². The van der Waals surface area contributed by atoms with E-state index in [9.17, 15) is 4.79 Å². The number of anilines is 1. The third kappa shape index (κ3) is 3.14. The third-order valence-electron chi connectivity index (χ3n) is 3.76. The van der Waals surface area contributed by atoms with Crippen molar-refractivity contribution in [1.82, 2.24) is 4.90 Å². The average molecular weight is 365 g/mol. The van der Waals surface area contributed by atoms with Gasteiger partial charge in [-0.1, -0.05) is 18.2 Å². The first-order chi connectivity index (χ1) is 10.1. The number of carbonyl (C=O) groups excluding carboxylic acids is 1. The van der Waals surface area contributed by atoms with Gasteiger partial charge in [-0.3, -0.25) is 4.79 Å². The van der Waals surface area contributed by atoms with E-state index in [1.807, 2.05) is 24.0 Å². The molecule has 0 atom stereocenters. The van der Waals surface area contributed by atoms with E-state index in [1.165, 1.54) is 17.0 Å². The number of hydrogen-bond acceptors (Lipinski definition) is 3. The molecule has 1 aromatic carbocycles. The number of thiophene rings is 1. The Morgan fingerprint density at radius 2 is 1.81 bits per heavy atom. The fourth-order valence-corrected chi connectivity index (χ4v) is 4.03. The van der Waals surface area contributed by atoms with E-state index >= 15 is 0 Å². The van der Waals surface area contributed by atoms with Crippen molar-refractivity contribution in [3.63, 3.8) is 0 Å². The van der Waals surface area contributed by atoms with Crippen LogP contribution in [0.4, 0.5) is 5.69 Å². The molecule has 0 unspecified atom stereocenters. The lowest BCUT2D eigenvalue weighted by molar-refractivity contribution is 0.0751. The van der Waals surface area contributed by atoms with Gasteiger partial charge in [0, 0.05) is 31.9 Å². The SMILES string of the molecule is Cc1cc(C(=O)N2CCN(c3ccccc3)CC2)sc1Br. The predicted octanol–water partition coefficient (Wildman–Crippen LogP) is 3.78. The summed E-state index contributed by atoms with van der Waals surface area (Å²) in [5.74, 6) is 0.154. The highest BCUT2D eigenvalue weighted by atomic mass is 79.9. The van der Waals surface area contributed by atoms with Crippen molar-refractivity contribution in [1.29, 1.82) is 0 Å². The number of carbonyl (C=O) groups is 1. The third-order valence-corrected chi connectivity index (χ3v) is 5.88. The van der Waals surface area contributed by atoms with Crippen LogP contribution in [0, 0.1) is 6.92 Å². The van der Waals surface area contributed by atoms with Crippen LogP contribution in [0.3, 0.4) is 0 Å². The highest BCUT2D eigenvalue weighted by Crippen LogP contribution is 2.28. The Kier molecular flexibility index (Phi) is 4.31. The van der Waals surface area contributed by atoms with E-state index in [0.717, 1.165) is 40.4 Å². The number of halogens is 1. The number of aryl methyl sites for hydroxylation is 1. The summed E-state index contributed by atoms with van der Waals surface area (Å²) in [6, 6.07) is 12.4. The summed E-state index contributed by atoms with van der Waals surface area (Å²) in [5.41, 5.74) is 2.37. The predicted molar refractivity (Wildman–Crippen MR) is 91.3 cm³/mol. The molecule has 0 spiro atoms. The summed E-state index contributed by atoms with van der Waals surface area (Å²) >= 11 is 5.01. The Labute approximate surface area is 137 Å². The number of rotatable bonds is 2. The molecule has 5 heteroatoms. The van der Waals surface area contributed by atoms with Crippen LogP contribution in [0.5, 0.6) is 0 Å². The average Bonchev–Trinajstić information content (AvgIpc) is 2.87.